The SMILES string of the molecule is COC(=O)c1ccc(NC(=O)CN(C)C2CCCCC2)cc1. The summed E-state index contributed by atoms with van der Waals surface area (Å²) in [5.74, 6) is -0.409. The molecule has 120 valence electrons. The second-order valence-electron chi connectivity index (χ2n) is 5.82. The van der Waals surface area contributed by atoms with Crippen LogP contribution in [0.1, 0.15) is 42.5 Å². The van der Waals surface area contributed by atoms with Gasteiger partial charge in [-0.25, -0.2) is 4.79 Å². The van der Waals surface area contributed by atoms with Crippen molar-refractivity contribution in [3.63, 3.8) is 0 Å². The third kappa shape index (κ3) is 4.56. The topological polar surface area (TPSA) is 58.6 Å². The molecule has 1 fully saturated rings. The van der Waals surface area contributed by atoms with E-state index in [-0.39, 0.29) is 11.9 Å². The highest BCUT2D eigenvalue weighted by molar-refractivity contribution is 5.93. The molecule has 1 aromatic rings. The lowest BCUT2D eigenvalue weighted by Crippen LogP contribution is -2.39. The van der Waals surface area contributed by atoms with E-state index < -0.39 is 0 Å². The van der Waals surface area contributed by atoms with Crippen molar-refractivity contribution in [3.05, 3.63) is 29.8 Å². The zero-order chi connectivity index (χ0) is 15.9. The van der Waals surface area contributed by atoms with Gasteiger partial charge in [0, 0.05) is 11.7 Å². The summed E-state index contributed by atoms with van der Waals surface area (Å²) in [4.78, 5) is 25.6. The van der Waals surface area contributed by atoms with Crippen molar-refractivity contribution < 1.29 is 14.3 Å². The van der Waals surface area contributed by atoms with Crippen LogP contribution in [0.3, 0.4) is 0 Å². The third-order valence-corrected chi connectivity index (χ3v) is 4.18. The van der Waals surface area contributed by atoms with Gasteiger partial charge in [0.05, 0.1) is 19.2 Å². The fourth-order valence-corrected chi connectivity index (χ4v) is 2.89. The molecule has 0 spiro atoms. The Bertz CT molecular complexity index is 507. The summed E-state index contributed by atoms with van der Waals surface area (Å²) in [6.07, 6.45) is 6.18. The van der Waals surface area contributed by atoms with Crippen LogP contribution in [0.5, 0.6) is 0 Å². The molecule has 0 saturated heterocycles. The van der Waals surface area contributed by atoms with E-state index in [4.69, 9.17) is 0 Å². The predicted molar refractivity (Wildman–Crippen MR) is 85.9 cm³/mol. The zero-order valence-corrected chi connectivity index (χ0v) is 13.3. The number of esters is 1. The largest absolute Gasteiger partial charge is 0.465 e. The van der Waals surface area contributed by atoms with E-state index in [2.05, 4.69) is 15.0 Å². The molecule has 5 heteroatoms. The Kier molecular flexibility index (Phi) is 5.95. The first-order chi connectivity index (χ1) is 10.6. The molecule has 0 radical (unpaired) electrons. The van der Waals surface area contributed by atoms with Gasteiger partial charge in [-0.3, -0.25) is 9.69 Å². The maximum atomic E-state index is 12.1. The summed E-state index contributed by atoms with van der Waals surface area (Å²) in [6, 6.07) is 7.23. The predicted octanol–water partition coefficient (Wildman–Crippen LogP) is 2.68. The highest BCUT2D eigenvalue weighted by Gasteiger charge is 2.19. The third-order valence-electron chi connectivity index (χ3n) is 4.18. The van der Waals surface area contributed by atoms with Crippen LogP contribution >= 0.6 is 0 Å². The molecule has 0 bridgehead atoms. The van der Waals surface area contributed by atoms with E-state index in [9.17, 15) is 9.59 Å². The van der Waals surface area contributed by atoms with Gasteiger partial charge in [0.15, 0.2) is 0 Å². The van der Waals surface area contributed by atoms with E-state index in [1.165, 1.54) is 39.2 Å². The maximum absolute atomic E-state index is 12.1. The van der Waals surface area contributed by atoms with Crippen LogP contribution in [0.4, 0.5) is 5.69 Å². The van der Waals surface area contributed by atoms with Crippen molar-refractivity contribution in [1.82, 2.24) is 4.90 Å². The molecule has 1 aliphatic rings. The van der Waals surface area contributed by atoms with Gasteiger partial charge in [-0.1, -0.05) is 19.3 Å². The number of rotatable bonds is 5. The Morgan fingerprint density at radius 1 is 1.18 bits per heavy atom. The van der Waals surface area contributed by atoms with Crippen LogP contribution in [-0.2, 0) is 9.53 Å². The first-order valence-electron chi connectivity index (χ1n) is 7.78. The number of nitrogens with zero attached hydrogens (tertiary/aromatic N) is 1. The molecule has 0 atom stereocenters. The van der Waals surface area contributed by atoms with Gasteiger partial charge in [0.2, 0.25) is 5.91 Å². The lowest BCUT2D eigenvalue weighted by molar-refractivity contribution is -0.117. The van der Waals surface area contributed by atoms with Crippen LogP contribution in [0.2, 0.25) is 0 Å². The molecule has 0 aromatic heterocycles. The van der Waals surface area contributed by atoms with E-state index >= 15 is 0 Å². The summed E-state index contributed by atoms with van der Waals surface area (Å²) in [5, 5.41) is 2.86. The number of hydrogen-bond acceptors (Lipinski definition) is 4. The molecule has 1 N–H and O–H groups in total. The van der Waals surface area contributed by atoms with Crippen LogP contribution in [-0.4, -0.2) is 43.5 Å². The standard InChI is InChI=1S/C17H24N2O3/c1-19(15-6-4-3-5-7-15)12-16(20)18-14-10-8-13(9-11-14)17(21)22-2/h8-11,15H,3-7,12H2,1-2H3,(H,18,20). The minimum atomic E-state index is -0.380. The van der Waals surface area contributed by atoms with Gasteiger partial charge >= 0.3 is 5.97 Å². The Balaban J connectivity index is 1.84. The normalized spacial score (nSPS) is 15.6. The van der Waals surface area contributed by atoms with Gasteiger partial charge in [-0.2, -0.15) is 0 Å². The van der Waals surface area contributed by atoms with Crippen LogP contribution in [0, 0.1) is 0 Å². The Hall–Kier alpha value is -1.88. The zero-order valence-electron chi connectivity index (χ0n) is 13.3. The molecule has 1 amide bonds. The monoisotopic (exact) mass is 304 g/mol. The van der Waals surface area contributed by atoms with Crippen molar-refractivity contribution in [2.45, 2.75) is 38.1 Å². The van der Waals surface area contributed by atoms with E-state index in [1.807, 2.05) is 7.05 Å². The molecule has 0 aliphatic heterocycles. The maximum Gasteiger partial charge on any atom is 0.337 e. The van der Waals surface area contributed by atoms with E-state index in [0.29, 0.717) is 23.8 Å². The van der Waals surface area contributed by atoms with E-state index in [0.717, 1.165) is 0 Å². The molecule has 22 heavy (non-hydrogen) atoms. The molecular weight excluding hydrogens is 280 g/mol. The van der Waals surface area contributed by atoms with Crippen molar-refractivity contribution in [2.75, 3.05) is 26.0 Å². The Morgan fingerprint density at radius 3 is 2.41 bits per heavy atom. The Morgan fingerprint density at radius 2 is 1.82 bits per heavy atom. The van der Waals surface area contributed by atoms with Crippen LogP contribution in [0.25, 0.3) is 0 Å². The quantitative estimate of drug-likeness (QED) is 0.850. The molecule has 1 aromatic carbocycles. The molecule has 1 aliphatic carbocycles. The van der Waals surface area contributed by atoms with Gasteiger partial charge < -0.3 is 10.1 Å². The summed E-state index contributed by atoms with van der Waals surface area (Å²) < 4.78 is 4.64. The number of benzene rings is 1. The number of methoxy groups -OCH3 is 1. The van der Waals surface area contributed by atoms with Gasteiger partial charge in [-0.05, 0) is 44.2 Å². The van der Waals surface area contributed by atoms with E-state index in [1.54, 1.807) is 24.3 Å². The lowest BCUT2D eigenvalue weighted by Gasteiger charge is -2.30. The first-order valence-corrected chi connectivity index (χ1v) is 7.78. The number of nitrogens with one attached hydrogen (secondary N) is 1. The molecule has 2 rings (SSSR count). The molecule has 0 unspecified atom stereocenters. The number of amides is 1. The lowest BCUT2D eigenvalue weighted by atomic mass is 9.94. The fourth-order valence-electron chi connectivity index (χ4n) is 2.89. The summed E-state index contributed by atoms with van der Waals surface area (Å²) >= 11 is 0. The highest BCUT2D eigenvalue weighted by Crippen LogP contribution is 2.21. The number of anilines is 1. The van der Waals surface area contributed by atoms with Crippen LogP contribution < -0.4 is 5.32 Å². The first kappa shape index (κ1) is 16.5. The van der Waals surface area contributed by atoms with Gasteiger partial charge in [-0.15, -0.1) is 0 Å². The number of hydrogen-bond donors (Lipinski definition) is 1. The number of carbonyl (C=O) groups excluding carboxylic acids is 2. The average molecular weight is 304 g/mol. The second-order valence-corrected chi connectivity index (χ2v) is 5.82. The van der Waals surface area contributed by atoms with Crippen molar-refractivity contribution in [1.29, 1.82) is 0 Å². The minimum absolute atomic E-state index is 0.0288. The summed E-state index contributed by atoms with van der Waals surface area (Å²) in [5.41, 5.74) is 1.16. The molecular formula is C17H24N2O3. The van der Waals surface area contributed by atoms with Gasteiger partial charge in [0.1, 0.15) is 0 Å². The number of likely N-dealkylation sites (N-methyl/N-ethyl adjacent to an activating group) is 1. The van der Waals surface area contributed by atoms with Crippen LogP contribution in [0.15, 0.2) is 24.3 Å². The fraction of sp³-hybridized carbons (Fsp3) is 0.529. The van der Waals surface area contributed by atoms with Crippen molar-refractivity contribution >= 4 is 17.6 Å². The van der Waals surface area contributed by atoms with Crippen molar-refractivity contribution in [2.24, 2.45) is 0 Å². The highest BCUT2D eigenvalue weighted by atomic mass is 16.5. The molecule has 5 nitrogen and oxygen atoms in total. The smallest absolute Gasteiger partial charge is 0.337 e. The van der Waals surface area contributed by atoms with Gasteiger partial charge in [0.25, 0.3) is 0 Å². The number of ether oxygens (including phenoxy) is 1. The second kappa shape index (κ2) is 7.94. The Labute approximate surface area is 131 Å². The minimum Gasteiger partial charge on any atom is -0.465 e. The average Bonchev–Trinajstić information content (AvgIpc) is 2.55. The summed E-state index contributed by atoms with van der Waals surface area (Å²) in [7, 11) is 3.36. The summed E-state index contributed by atoms with van der Waals surface area (Å²) in [6.45, 7) is 0.392. The number of carbonyl (C=O) groups is 2. The van der Waals surface area contributed by atoms with Crippen molar-refractivity contribution in [3.8, 4) is 0 Å². The molecule has 1 saturated carbocycles. The molecule has 0 heterocycles.